The van der Waals surface area contributed by atoms with Gasteiger partial charge in [0.1, 0.15) is 0 Å². The summed E-state index contributed by atoms with van der Waals surface area (Å²) in [6.07, 6.45) is 1.91. The first kappa shape index (κ1) is 13.8. The molecule has 3 rings (SSSR count). The van der Waals surface area contributed by atoms with Gasteiger partial charge in [-0.25, -0.2) is 0 Å². The topological polar surface area (TPSA) is 90.2 Å². The van der Waals surface area contributed by atoms with Crippen LogP contribution >= 0.6 is 0 Å². The SMILES string of the molecule is CNc1nc(N2CCCC2)nc(N2CCOC(C#N)C2)n1. The Bertz CT molecular complexity index is 538. The summed E-state index contributed by atoms with van der Waals surface area (Å²) < 4.78 is 5.37. The molecule has 2 fully saturated rings. The highest BCUT2D eigenvalue weighted by Crippen LogP contribution is 2.21. The Labute approximate surface area is 123 Å². The lowest BCUT2D eigenvalue weighted by atomic mass is 10.3. The number of ether oxygens (including phenoxy) is 1. The van der Waals surface area contributed by atoms with E-state index < -0.39 is 6.10 Å². The fraction of sp³-hybridized carbons (Fsp3) is 0.692. The van der Waals surface area contributed by atoms with Crippen LogP contribution in [0.3, 0.4) is 0 Å². The lowest BCUT2D eigenvalue weighted by Crippen LogP contribution is -2.43. The van der Waals surface area contributed by atoms with Crippen LogP contribution in [0.25, 0.3) is 0 Å². The van der Waals surface area contributed by atoms with Crippen molar-refractivity contribution in [2.45, 2.75) is 18.9 Å². The summed E-state index contributed by atoms with van der Waals surface area (Å²) in [5.74, 6) is 1.88. The van der Waals surface area contributed by atoms with Crippen LogP contribution in [0, 0.1) is 11.3 Å². The van der Waals surface area contributed by atoms with E-state index in [2.05, 4.69) is 31.2 Å². The van der Waals surface area contributed by atoms with Gasteiger partial charge >= 0.3 is 0 Å². The van der Waals surface area contributed by atoms with Crippen molar-refractivity contribution in [2.75, 3.05) is 55.0 Å². The number of nitrogens with one attached hydrogen (secondary N) is 1. The molecular weight excluding hydrogens is 270 g/mol. The van der Waals surface area contributed by atoms with E-state index in [0.29, 0.717) is 37.5 Å². The maximum Gasteiger partial charge on any atom is 0.232 e. The van der Waals surface area contributed by atoms with Gasteiger partial charge in [-0.3, -0.25) is 0 Å². The zero-order chi connectivity index (χ0) is 14.7. The maximum atomic E-state index is 9.01. The van der Waals surface area contributed by atoms with E-state index in [0.717, 1.165) is 13.1 Å². The third kappa shape index (κ3) is 2.97. The molecule has 1 aromatic heterocycles. The quantitative estimate of drug-likeness (QED) is 0.846. The predicted octanol–water partition coefficient (Wildman–Crippen LogP) is 0.242. The van der Waals surface area contributed by atoms with Gasteiger partial charge in [0.15, 0.2) is 6.10 Å². The monoisotopic (exact) mass is 289 g/mol. The van der Waals surface area contributed by atoms with E-state index in [1.165, 1.54) is 12.8 Å². The largest absolute Gasteiger partial charge is 0.360 e. The van der Waals surface area contributed by atoms with Gasteiger partial charge in [0.2, 0.25) is 17.8 Å². The zero-order valence-corrected chi connectivity index (χ0v) is 12.1. The second-order valence-corrected chi connectivity index (χ2v) is 5.14. The Morgan fingerprint density at radius 3 is 2.52 bits per heavy atom. The number of aromatic nitrogens is 3. The third-order valence-electron chi connectivity index (χ3n) is 3.72. The molecule has 0 aliphatic carbocycles. The highest BCUT2D eigenvalue weighted by molar-refractivity contribution is 5.46. The summed E-state index contributed by atoms with van der Waals surface area (Å²) in [6, 6.07) is 2.14. The van der Waals surface area contributed by atoms with Crippen LogP contribution in [-0.2, 0) is 4.74 Å². The molecule has 1 aromatic rings. The van der Waals surface area contributed by atoms with Crippen LogP contribution in [0.15, 0.2) is 0 Å². The Morgan fingerprint density at radius 2 is 1.86 bits per heavy atom. The Kier molecular flexibility index (Phi) is 4.01. The Balaban J connectivity index is 1.86. The van der Waals surface area contributed by atoms with E-state index in [9.17, 15) is 0 Å². The van der Waals surface area contributed by atoms with Gasteiger partial charge in [0, 0.05) is 26.7 Å². The molecule has 0 amide bonds. The van der Waals surface area contributed by atoms with Crippen LogP contribution < -0.4 is 15.1 Å². The molecule has 2 saturated heterocycles. The smallest absolute Gasteiger partial charge is 0.232 e. The molecular formula is C13H19N7O. The van der Waals surface area contributed by atoms with Gasteiger partial charge in [0.25, 0.3) is 0 Å². The van der Waals surface area contributed by atoms with Crippen molar-refractivity contribution in [1.82, 2.24) is 15.0 Å². The van der Waals surface area contributed by atoms with Crippen molar-refractivity contribution >= 4 is 17.8 Å². The fourth-order valence-electron chi connectivity index (χ4n) is 2.57. The summed E-state index contributed by atoms with van der Waals surface area (Å²) in [7, 11) is 1.80. The van der Waals surface area contributed by atoms with Crippen molar-refractivity contribution in [3.05, 3.63) is 0 Å². The zero-order valence-electron chi connectivity index (χ0n) is 12.1. The molecule has 2 aliphatic heterocycles. The molecule has 21 heavy (non-hydrogen) atoms. The van der Waals surface area contributed by atoms with Gasteiger partial charge in [-0.2, -0.15) is 20.2 Å². The fourth-order valence-corrected chi connectivity index (χ4v) is 2.57. The maximum absolute atomic E-state index is 9.01. The molecule has 112 valence electrons. The normalized spacial score (nSPS) is 22.2. The third-order valence-corrected chi connectivity index (χ3v) is 3.72. The van der Waals surface area contributed by atoms with Gasteiger partial charge in [-0.1, -0.05) is 0 Å². The van der Waals surface area contributed by atoms with Gasteiger partial charge in [-0.05, 0) is 12.8 Å². The number of hydrogen-bond acceptors (Lipinski definition) is 8. The van der Waals surface area contributed by atoms with E-state index in [-0.39, 0.29) is 0 Å². The van der Waals surface area contributed by atoms with E-state index in [1.54, 1.807) is 7.05 Å². The van der Waals surface area contributed by atoms with Crippen molar-refractivity contribution < 1.29 is 4.74 Å². The molecule has 1 atom stereocenters. The molecule has 0 spiro atoms. The van der Waals surface area contributed by atoms with E-state index >= 15 is 0 Å². The first-order chi connectivity index (χ1) is 10.3. The molecule has 0 aromatic carbocycles. The first-order valence-corrected chi connectivity index (χ1v) is 7.25. The summed E-state index contributed by atoms with van der Waals surface area (Å²) >= 11 is 0. The summed E-state index contributed by atoms with van der Waals surface area (Å²) in [5, 5.41) is 12.0. The van der Waals surface area contributed by atoms with Crippen LogP contribution in [0.2, 0.25) is 0 Å². The molecule has 2 aliphatic rings. The van der Waals surface area contributed by atoms with Crippen LogP contribution in [-0.4, -0.2) is 60.9 Å². The molecule has 0 saturated carbocycles. The minimum Gasteiger partial charge on any atom is -0.360 e. The lowest BCUT2D eigenvalue weighted by molar-refractivity contribution is 0.0758. The standard InChI is InChI=1S/C13H19N7O/c1-15-11-16-12(19-4-2-3-5-19)18-13(17-11)20-6-7-21-10(8-14)9-20/h10H,2-7,9H2,1H3,(H,15,16,17,18). The van der Waals surface area contributed by atoms with Crippen LogP contribution in [0.4, 0.5) is 17.8 Å². The van der Waals surface area contributed by atoms with Gasteiger partial charge in [0.05, 0.1) is 19.2 Å². The van der Waals surface area contributed by atoms with Crippen LogP contribution in [0.1, 0.15) is 12.8 Å². The lowest BCUT2D eigenvalue weighted by Gasteiger charge is -2.30. The van der Waals surface area contributed by atoms with Gasteiger partial charge in [-0.15, -0.1) is 0 Å². The van der Waals surface area contributed by atoms with Gasteiger partial charge < -0.3 is 19.9 Å². The summed E-state index contributed by atoms with van der Waals surface area (Å²) in [4.78, 5) is 17.6. The minimum atomic E-state index is -0.427. The molecule has 0 radical (unpaired) electrons. The number of anilines is 3. The molecule has 3 heterocycles. The van der Waals surface area contributed by atoms with Crippen molar-refractivity contribution in [3.63, 3.8) is 0 Å². The first-order valence-electron chi connectivity index (χ1n) is 7.25. The van der Waals surface area contributed by atoms with E-state index in [1.807, 2.05) is 4.90 Å². The number of nitrogens with zero attached hydrogens (tertiary/aromatic N) is 6. The minimum absolute atomic E-state index is 0.427. The average molecular weight is 289 g/mol. The van der Waals surface area contributed by atoms with Crippen molar-refractivity contribution in [3.8, 4) is 6.07 Å². The predicted molar refractivity (Wildman–Crippen MR) is 78.4 cm³/mol. The van der Waals surface area contributed by atoms with Crippen LogP contribution in [0.5, 0.6) is 0 Å². The van der Waals surface area contributed by atoms with Crippen molar-refractivity contribution in [1.29, 1.82) is 5.26 Å². The average Bonchev–Trinajstić information content (AvgIpc) is 3.09. The second kappa shape index (κ2) is 6.10. The number of morpholine rings is 1. The van der Waals surface area contributed by atoms with E-state index in [4.69, 9.17) is 10.00 Å². The molecule has 0 bridgehead atoms. The second-order valence-electron chi connectivity index (χ2n) is 5.14. The number of rotatable bonds is 3. The van der Waals surface area contributed by atoms with Crippen molar-refractivity contribution in [2.24, 2.45) is 0 Å². The highest BCUT2D eigenvalue weighted by atomic mass is 16.5. The Hall–Kier alpha value is -2.14. The number of nitriles is 1. The molecule has 1 unspecified atom stereocenters. The molecule has 1 N–H and O–H groups in total. The number of hydrogen-bond donors (Lipinski definition) is 1. The Morgan fingerprint density at radius 1 is 1.14 bits per heavy atom. The molecule has 8 heteroatoms. The summed E-state index contributed by atoms with van der Waals surface area (Å²) in [6.45, 7) is 3.65. The summed E-state index contributed by atoms with van der Waals surface area (Å²) in [5.41, 5.74) is 0. The molecule has 8 nitrogen and oxygen atoms in total. The highest BCUT2D eigenvalue weighted by Gasteiger charge is 2.24.